The van der Waals surface area contributed by atoms with Crippen molar-refractivity contribution in [1.82, 2.24) is 14.5 Å². The Morgan fingerprint density at radius 1 is 1.06 bits per heavy atom. The molecule has 0 fully saturated rings. The summed E-state index contributed by atoms with van der Waals surface area (Å²) in [6, 6.07) is 12.1. The third-order valence-electron chi connectivity index (χ3n) is 5.49. The lowest BCUT2D eigenvalue weighted by Crippen LogP contribution is -2.34. The highest BCUT2D eigenvalue weighted by Crippen LogP contribution is 2.22. The molecule has 0 aliphatic carbocycles. The molecule has 3 rings (SSSR count). The lowest BCUT2D eigenvalue weighted by molar-refractivity contribution is 0.0674. The zero-order valence-corrected chi connectivity index (χ0v) is 21.3. The third kappa shape index (κ3) is 6.90. The van der Waals surface area contributed by atoms with Gasteiger partial charge in [0.05, 0.1) is 44.5 Å². The van der Waals surface area contributed by atoms with Gasteiger partial charge in [-0.15, -0.1) is 0 Å². The lowest BCUT2D eigenvalue weighted by Gasteiger charge is -2.23. The number of methoxy groups -OCH3 is 3. The Bertz CT molecular complexity index is 1260. The molecule has 194 valence electrons. The first-order valence-corrected chi connectivity index (χ1v) is 12.9. The number of hydrogen-bond donors (Lipinski definition) is 0. The smallest absolute Gasteiger partial charge is 0.254 e. The van der Waals surface area contributed by atoms with Crippen LogP contribution in [-0.4, -0.2) is 69.9 Å². The van der Waals surface area contributed by atoms with Crippen molar-refractivity contribution in [3.63, 3.8) is 0 Å². The number of ether oxygens (including phenoxy) is 3. The Labute approximate surface area is 210 Å². The predicted molar refractivity (Wildman–Crippen MR) is 131 cm³/mol. The van der Waals surface area contributed by atoms with E-state index < -0.39 is 15.7 Å². The van der Waals surface area contributed by atoms with E-state index in [2.05, 4.69) is 4.98 Å². The van der Waals surface area contributed by atoms with Crippen LogP contribution in [0.15, 0.2) is 59.9 Å². The Balaban J connectivity index is 1.93. The van der Waals surface area contributed by atoms with E-state index in [0.29, 0.717) is 22.6 Å². The Hall–Kier alpha value is -3.28. The molecule has 0 bridgehead atoms. The summed E-state index contributed by atoms with van der Waals surface area (Å²) in [6.45, 7) is 1.05. The van der Waals surface area contributed by atoms with Gasteiger partial charge in [-0.05, 0) is 42.0 Å². The molecular weight excluding hydrogens is 489 g/mol. The van der Waals surface area contributed by atoms with Crippen molar-refractivity contribution in [2.24, 2.45) is 0 Å². The fraction of sp³-hybridized carbons (Fsp3) is 0.360. The SMILES string of the molecule is COCCN(Cc1cnc(S(=O)(=O)Cc2cccc(OC)c2)n1CCOC)C(=O)c1ccc(F)cc1. The summed E-state index contributed by atoms with van der Waals surface area (Å²) >= 11 is 0. The number of nitrogens with zero attached hydrogens (tertiary/aromatic N) is 3. The van der Waals surface area contributed by atoms with E-state index in [1.54, 1.807) is 28.8 Å². The van der Waals surface area contributed by atoms with Gasteiger partial charge in [-0.2, -0.15) is 0 Å². The van der Waals surface area contributed by atoms with Crippen LogP contribution in [0.3, 0.4) is 0 Å². The van der Waals surface area contributed by atoms with Gasteiger partial charge in [0.2, 0.25) is 15.0 Å². The van der Waals surface area contributed by atoms with Crippen LogP contribution in [0, 0.1) is 5.82 Å². The van der Waals surface area contributed by atoms with Gasteiger partial charge in [0, 0.05) is 32.9 Å². The van der Waals surface area contributed by atoms with Gasteiger partial charge < -0.3 is 23.7 Å². The molecule has 0 unspecified atom stereocenters. The Kier molecular flexibility index (Phi) is 9.57. The summed E-state index contributed by atoms with van der Waals surface area (Å²) in [6.07, 6.45) is 1.45. The van der Waals surface area contributed by atoms with Crippen LogP contribution in [0.5, 0.6) is 5.75 Å². The number of rotatable bonds is 13. The monoisotopic (exact) mass is 519 g/mol. The van der Waals surface area contributed by atoms with E-state index >= 15 is 0 Å². The van der Waals surface area contributed by atoms with Crippen LogP contribution in [-0.2, 0) is 38.2 Å². The molecule has 1 amide bonds. The van der Waals surface area contributed by atoms with Gasteiger partial charge in [-0.1, -0.05) is 12.1 Å². The van der Waals surface area contributed by atoms with Crippen molar-refractivity contribution < 1.29 is 31.8 Å². The van der Waals surface area contributed by atoms with Crippen molar-refractivity contribution in [3.05, 3.63) is 77.4 Å². The average molecular weight is 520 g/mol. The van der Waals surface area contributed by atoms with Crippen molar-refractivity contribution >= 4 is 15.7 Å². The second-order valence-corrected chi connectivity index (χ2v) is 9.90. The first-order chi connectivity index (χ1) is 17.3. The summed E-state index contributed by atoms with van der Waals surface area (Å²) in [4.78, 5) is 18.9. The molecule has 0 saturated carbocycles. The zero-order valence-electron chi connectivity index (χ0n) is 20.5. The van der Waals surface area contributed by atoms with Crippen LogP contribution in [0.1, 0.15) is 21.6 Å². The number of benzene rings is 2. The highest BCUT2D eigenvalue weighted by molar-refractivity contribution is 7.90. The molecule has 0 N–H and O–H groups in total. The first kappa shape index (κ1) is 27.3. The second kappa shape index (κ2) is 12.6. The molecule has 9 nitrogen and oxygen atoms in total. The van der Waals surface area contributed by atoms with Crippen LogP contribution in [0.25, 0.3) is 0 Å². The number of amides is 1. The van der Waals surface area contributed by atoms with E-state index in [1.807, 2.05) is 0 Å². The van der Waals surface area contributed by atoms with Crippen LogP contribution < -0.4 is 4.74 Å². The molecule has 0 atom stereocenters. The van der Waals surface area contributed by atoms with E-state index in [9.17, 15) is 17.6 Å². The predicted octanol–water partition coefficient (Wildman–Crippen LogP) is 2.94. The van der Waals surface area contributed by atoms with E-state index in [1.165, 1.54) is 56.7 Å². The molecule has 11 heteroatoms. The molecule has 1 aromatic heterocycles. The van der Waals surface area contributed by atoms with Crippen molar-refractivity contribution in [2.45, 2.75) is 24.0 Å². The quantitative estimate of drug-likeness (QED) is 0.342. The number of halogens is 1. The molecule has 0 saturated heterocycles. The van der Waals surface area contributed by atoms with Gasteiger partial charge in [0.1, 0.15) is 11.6 Å². The lowest BCUT2D eigenvalue weighted by atomic mass is 10.2. The number of hydrogen-bond acceptors (Lipinski definition) is 7. The highest BCUT2D eigenvalue weighted by atomic mass is 32.2. The molecule has 0 aliphatic rings. The minimum Gasteiger partial charge on any atom is -0.497 e. The molecule has 2 aromatic carbocycles. The van der Waals surface area contributed by atoms with Crippen molar-refractivity contribution in [1.29, 1.82) is 0 Å². The summed E-state index contributed by atoms with van der Waals surface area (Å²) in [5, 5.41) is -0.113. The average Bonchev–Trinajstić information content (AvgIpc) is 3.28. The summed E-state index contributed by atoms with van der Waals surface area (Å²) in [7, 11) is 0.715. The molecule has 36 heavy (non-hydrogen) atoms. The summed E-state index contributed by atoms with van der Waals surface area (Å²) in [5.41, 5.74) is 1.38. The van der Waals surface area contributed by atoms with Crippen molar-refractivity contribution in [3.8, 4) is 5.75 Å². The number of carbonyl (C=O) groups is 1. The maximum absolute atomic E-state index is 13.4. The van der Waals surface area contributed by atoms with Gasteiger partial charge in [-0.3, -0.25) is 4.79 Å². The van der Waals surface area contributed by atoms with E-state index in [-0.39, 0.29) is 49.7 Å². The summed E-state index contributed by atoms with van der Waals surface area (Å²) in [5.74, 6) is -0.500. The largest absolute Gasteiger partial charge is 0.497 e. The Morgan fingerprint density at radius 3 is 2.44 bits per heavy atom. The molecule has 3 aromatic rings. The standard InChI is InChI=1S/C25H30FN3O6S/c1-33-13-11-28(24(30)20-7-9-21(26)10-8-20)17-22-16-27-25(29(22)12-14-34-2)36(31,32)18-19-5-4-6-23(15-19)35-3/h4-10,15-16H,11-14,17-18H2,1-3H3. The van der Waals surface area contributed by atoms with Crippen molar-refractivity contribution in [2.75, 3.05) is 41.1 Å². The van der Waals surface area contributed by atoms with Crippen LogP contribution >= 0.6 is 0 Å². The minimum atomic E-state index is -3.84. The number of imidazole rings is 1. The van der Waals surface area contributed by atoms with E-state index in [4.69, 9.17) is 14.2 Å². The summed E-state index contributed by atoms with van der Waals surface area (Å²) < 4.78 is 57.1. The first-order valence-electron chi connectivity index (χ1n) is 11.2. The molecular formula is C25H30FN3O6S. The number of sulfone groups is 1. The van der Waals surface area contributed by atoms with Crippen LogP contribution in [0.4, 0.5) is 4.39 Å². The molecule has 0 radical (unpaired) electrons. The second-order valence-electron chi connectivity index (χ2n) is 8.01. The minimum absolute atomic E-state index is 0.0744. The van der Waals surface area contributed by atoms with Gasteiger partial charge in [-0.25, -0.2) is 17.8 Å². The molecule has 0 aliphatic heterocycles. The van der Waals surface area contributed by atoms with Gasteiger partial charge in [0.15, 0.2) is 0 Å². The zero-order chi connectivity index (χ0) is 26.1. The fourth-order valence-corrected chi connectivity index (χ4v) is 5.16. The third-order valence-corrected chi connectivity index (χ3v) is 7.08. The van der Waals surface area contributed by atoms with Crippen LogP contribution in [0.2, 0.25) is 0 Å². The highest BCUT2D eigenvalue weighted by Gasteiger charge is 2.26. The van der Waals surface area contributed by atoms with Gasteiger partial charge >= 0.3 is 0 Å². The number of aromatic nitrogens is 2. The maximum Gasteiger partial charge on any atom is 0.254 e. The molecule has 1 heterocycles. The topological polar surface area (TPSA) is 100.0 Å². The Morgan fingerprint density at radius 2 is 1.78 bits per heavy atom. The fourth-order valence-electron chi connectivity index (χ4n) is 3.66. The number of carbonyl (C=O) groups excluding carboxylic acids is 1. The normalized spacial score (nSPS) is 11.4. The van der Waals surface area contributed by atoms with Gasteiger partial charge in [0.25, 0.3) is 5.91 Å². The maximum atomic E-state index is 13.4. The molecule has 0 spiro atoms. The van der Waals surface area contributed by atoms with E-state index in [0.717, 1.165) is 0 Å².